The van der Waals surface area contributed by atoms with Crippen molar-refractivity contribution in [1.82, 2.24) is 0 Å². The van der Waals surface area contributed by atoms with Crippen molar-refractivity contribution < 1.29 is 9.59 Å². The third-order valence-corrected chi connectivity index (χ3v) is 1.30. The van der Waals surface area contributed by atoms with E-state index in [1.807, 2.05) is 0 Å². The smallest absolute Gasteiger partial charge is 0.133 e. The number of rotatable bonds is 0. The first-order valence-corrected chi connectivity index (χ1v) is 3.00. The van der Waals surface area contributed by atoms with E-state index in [1.54, 1.807) is 17.9 Å². The Balaban J connectivity index is 3.83. The molecule has 1 aromatic carbocycles. The van der Waals surface area contributed by atoms with Crippen LogP contribution >= 0.6 is 0 Å². The van der Waals surface area contributed by atoms with Crippen LogP contribution in [-0.4, -0.2) is 11.9 Å². The molecule has 0 aromatic heterocycles. The van der Waals surface area contributed by atoms with Gasteiger partial charge in [0.15, 0.2) is 0 Å². The fourth-order valence-corrected chi connectivity index (χ4v) is 0.765. The van der Waals surface area contributed by atoms with E-state index in [0.717, 1.165) is 0 Å². The van der Waals surface area contributed by atoms with Gasteiger partial charge < -0.3 is 0 Å². The standard InChI is InChI=1S/C9H5O2/c1-7-2-3-8(5-10)9(4-7)6-11/h2-4H,1H2. The van der Waals surface area contributed by atoms with E-state index in [2.05, 4.69) is 6.92 Å². The Kier molecular flexibility index (Phi) is 2.03. The van der Waals surface area contributed by atoms with Crippen LogP contribution in [0.2, 0.25) is 0 Å². The molecule has 1 aromatic rings. The highest BCUT2D eigenvalue weighted by Crippen LogP contribution is 1.83. The number of benzene rings is 1. The highest BCUT2D eigenvalue weighted by molar-refractivity contribution is 5.55. The van der Waals surface area contributed by atoms with Gasteiger partial charge in [-0.25, -0.2) is 9.59 Å². The van der Waals surface area contributed by atoms with E-state index in [4.69, 9.17) is 0 Å². The Labute approximate surface area is 63.5 Å². The van der Waals surface area contributed by atoms with E-state index in [-0.39, 0.29) is 10.4 Å². The van der Waals surface area contributed by atoms with Crippen molar-refractivity contribution in [2.75, 3.05) is 0 Å². The Morgan fingerprint density at radius 3 is 2.27 bits per heavy atom. The van der Waals surface area contributed by atoms with Gasteiger partial charge in [-0.15, -0.1) is 0 Å². The predicted molar refractivity (Wildman–Crippen MR) is 39.7 cm³/mol. The van der Waals surface area contributed by atoms with E-state index in [1.165, 1.54) is 12.1 Å². The molecule has 0 saturated carbocycles. The van der Waals surface area contributed by atoms with Crippen LogP contribution in [0, 0.1) is 6.92 Å². The Hall–Kier alpha value is -1.62. The van der Waals surface area contributed by atoms with E-state index in [0.29, 0.717) is 5.56 Å². The van der Waals surface area contributed by atoms with Gasteiger partial charge in [0.2, 0.25) is 0 Å². The van der Waals surface area contributed by atoms with Gasteiger partial charge in [0, 0.05) is 0 Å². The van der Waals surface area contributed by atoms with Gasteiger partial charge in [0.1, 0.15) is 11.9 Å². The molecule has 2 nitrogen and oxygen atoms in total. The molecule has 0 fully saturated rings. The summed E-state index contributed by atoms with van der Waals surface area (Å²) in [5, 5.41) is 0.444. The molecule has 0 aliphatic carbocycles. The molecule has 0 amide bonds. The molecule has 0 aliphatic heterocycles. The SMILES string of the molecule is [CH2]c1ccc(=C=O)c(=C=O)c1. The third kappa shape index (κ3) is 1.44. The zero-order valence-electron chi connectivity index (χ0n) is 5.76. The van der Waals surface area contributed by atoms with Crippen LogP contribution in [0.5, 0.6) is 0 Å². The molecule has 0 N–H and O–H groups in total. The van der Waals surface area contributed by atoms with Gasteiger partial charge in [-0.1, -0.05) is 6.07 Å². The van der Waals surface area contributed by atoms with Gasteiger partial charge in [-0.05, 0) is 24.6 Å². The molecule has 0 unspecified atom stereocenters. The summed E-state index contributed by atoms with van der Waals surface area (Å²) in [6, 6.07) is 4.63. The second kappa shape index (κ2) is 2.98. The Bertz CT molecular complexity index is 421. The van der Waals surface area contributed by atoms with Crippen LogP contribution in [0.1, 0.15) is 5.56 Å². The summed E-state index contributed by atoms with van der Waals surface area (Å²) in [5.74, 6) is 3.27. The zero-order valence-corrected chi connectivity index (χ0v) is 5.76. The zero-order chi connectivity index (χ0) is 8.27. The van der Waals surface area contributed by atoms with Crippen LogP contribution in [0.3, 0.4) is 0 Å². The van der Waals surface area contributed by atoms with Crippen molar-refractivity contribution in [1.29, 1.82) is 0 Å². The molecule has 2 heteroatoms. The lowest BCUT2D eigenvalue weighted by molar-refractivity contribution is 0.564. The van der Waals surface area contributed by atoms with E-state index >= 15 is 0 Å². The normalized spacial score (nSPS) is 8.45. The van der Waals surface area contributed by atoms with Crippen molar-refractivity contribution in [3.63, 3.8) is 0 Å². The summed E-state index contributed by atoms with van der Waals surface area (Å²) < 4.78 is 0. The molecule has 11 heavy (non-hydrogen) atoms. The van der Waals surface area contributed by atoms with Crippen LogP contribution in [0.25, 0.3) is 0 Å². The molecule has 0 aliphatic rings. The maximum atomic E-state index is 10.2. The monoisotopic (exact) mass is 145 g/mol. The third-order valence-electron chi connectivity index (χ3n) is 1.30. The van der Waals surface area contributed by atoms with E-state index in [9.17, 15) is 9.59 Å². The molecule has 0 bridgehead atoms. The molecule has 0 spiro atoms. The largest absolute Gasteiger partial charge is 0.233 e. The minimum atomic E-state index is 0.215. The first-order chi connectivity index (χ1) is 5.27. The van der Waals surface area contributed by atoms with E-state index < -0.39 is 0 Å². The van der Waals surface area contributed by atoms with Crippen LogP contribution in [0.4, 0.5) is 0 Å². The quantitative estimate of drug-likeness (QED) is 0.463. The lowest BCUT2D eigenvalue weighted by atomic mass is 10.2. The number of hydrogen-bond acceptors (Lipinski definition) is 2. The second-order valence-corrected chi connectivity index (χ2v) is 2.08. The summed E-state index contributed by atoms with van der Waals surface area (Å²) >= 11 is 0. The lowest BCUT2D eigenvalue weighted by Gasteiger charge is -1.85. The lowest BCUT2D eigenvalue weighted by Crippen LogP contribution is -2.26. The fourth-order valence-electron chi connectivity index (χ4n) is 0.765. The summed E-state index contributed by atoms with van der Waals surface area (Å²) in [6.07, 6.45) is 0. The highest BCUT2D eigenvalue weighted by atomic mass is 16.1. The van der Waals surface area contributed by atoms with Crippen LogP contribution in [-0.2, 0) is 9.59 Å². The molecule has 0 saturated heterocycles. The van der Waals surface area contributed by atoms with Crippen LogP contribution in [0.15, 0.2) is 18.2 Å². The average molecular weight is 145 g/mol. The van der Waals surface area contributed by atoms with Crippen molar-refractivity contribution in [3.05, 3.63) is 41.1 Å². The number of carbonyl (C=O) groups excluding carboxylic acids is 2. The van der Waals surface area contributed by atoms with Crippen molar-refractivity contribution in [3.8, 4) is 0 Å². The first kappa shape index (κ1) is 7.49. The topological polar surface area (TPSA) is 34.1 Å². The molecule has 53 valence electrons. The second-order valence-electron chi connectivity index (χ2n) is 2.08. The fraction of sp³-hybridized carbons (Fsp3) is 0. The summed E-state index contributed by atoms with van der Waals surface area (Å²) in [6.45, 7) is 3.60. The summed E-state index contributed by atoms with van der Waals surface area (Å²) in [7, 11) is 0. The average Bonchev–Trinajstić information content (AvgIpc) is 2.04. The minimum absolute atomic E-state index is 0.215. The first-order valence-electron chi connectivity index (χ1n) is 3.00. The molecule has 1 rings (SSSR count). The van der Waals surface area contributed by atoms with Crippen molar-refractivity contribution in [2.45, 2.75) is 0 Å². The molecular formula is C9H5O2. The van der Waals surface area contributed by atoms with Gasteiger partial charge in [-0.2, -0.15) is 0 Å². The van der Waals surface area contributed by atoms with Crippen LogP contribution < -0.4 is 10.4 Å². The molecule has 0 atom stereocenters. The highest BCUT2D eigenvalue weighted by Gasteiger charge is 1.86. The van der Waals surface area contributed by atoms with Gasteiger partial charge >= 0.3 is 0 Å². The Morgan fingerprint density at radius 1 is 1.09 bits per heavy atom. The van der Waals surface area contributed by atoms with Crippen molar-refractivity contribution >= 4 is 11.9 Å². The maximum Gasteiger partial charge on any atom is 0.133 e. The van der Waals surface area contributed by atoms with Crippen molar-refractivity contribution in [2.24, 2.45) is 0 Å². The summed E-state index contributed by atoms with van der Waals surface area (Å²) in [5.41, 5.74) is 0.683. The molecule has 0 heterocycles. The number of hydrogen-bond donors (Lipinski definition) is 0. The molecule has 1 radical (unpaired) electrons. The van der Waals surface area contributed by atoms with Gasteiger partial charge in [0.25, 0.3) is 0 Å². The minimum Gasteiger partial charge on any atom is -0.233 e. The maximum absolute atomic E-state index is 10.2. The molecular weight excluding hydrogens is 140 g/mol. The van der Waals surface area contributed by atoms with Gasteiger partial charge in [0.05, 0.1) is 10.4 Å². The predicted octanol–water partition coefficient (Wildman–Crippen LogP) is -1.12. The summed E-state index contributed by atoms with van der Waals surface area (Å²) in [4.78, 5) is 20.4. The van der Waals surface area contributed by atoms with Gasteiger partial charge in [-0.3, -0.25) is 0 Å². The Morgan fingerprint density at radius 2 is 1.73 bits per heavy atom.